The highest BCUT2D eigenvalue weighted by molar-refractivity contribution is 7.26. The largest absolute Gasteiger partial charge is 0.309 e. The fourth-order valence-corrected chi connectivity index (χ4v) is 8.06. The van der Waals surface area contributed by atoms with Crippen molar-refractivity contribution >= 4 is 70.1 Å². The van der Waals surface area contributed by atoms with Gasteiger partial charge in [0.05, 0.1) is 10.4 Å². The van der Waals surface area contributed by atoms with Crippen LogP contribution < -0.4 is 4.90 Å². The van der Waals surface area contributed by atoms with Crippen LogP contribution in [0.25, 0.3) is 64.0 Å². The normalized spacial score (nSPS) is 11.5. The molecule has 0 N–H and O–H groups in total. The summed E-state index contributed by atoms with van der Waals surface area (Å²) in [6.45, 7) is 0. The van der Waals surface area contributed by atoms with E-state index in [2.05, 4.69) is 181 Å². The second-order valence-corrected chi connectivity index (χ2v) is 12.8. The number of fused-ring (bicyclic) bond motifs is 6. The summed E-state index contributed by atoms with van der Waals surface area (Å²) in [7, 11) is 0. The molecule has 1 nitrogen and oxygen atoms in total. The van der Waals surface area contributed by atoms with E-state index in [1.54, 1.807) is 0 Å². The fourth-order valence-electron chi connectivity index (χ4n) is 6.85. The lowest BCUT2D eigenvalue weighted by molar-refractivity contribution is 1.30. The minimum Gasteiger partial charge on any atom is -0.309 e. The van der Waals surface area contributed by atoms with Gasteiger partial charge in [-0.3, -0.25) is 0 Å². The van der Waals surface area contributed by atoms with Gasteiger partial charge in [0.2, 0.25) is 0 Å². The standard InChI is InChI=1S/C44H29NS/c1-2-11-30(12-3-1)31-21-25-34(26-22-31)45(42-19-10-18-40-39-17-8-9-20-43(39)46-44(40)42)35-27-23-32(24-28-35)41-29-33-13-4-5-14-36(33)37-15-6-7-16-38(37)41/h1-29H. The molecule has 0 radical (unpaired) electrons. The zero-order valence-corrected chi connectivity index (χ0v) is 25.9. The predicted molar refractivity (Wildman–Crippen MR) is 200 cm³/mol. The van der Waals surface area contributed by atoms with Crippen molar-refractivity contribution in [1.82, 2.24) is 0 Å². The van der Waals surface area contributed by atoms with Gasteiger partial charge in [-0.15, -0.1) is 11.3 Å². The molecule has 216 valence electrons. The van der Waals surface area contributed by atoms with E-state index in [4.69, 9.17) is 0 Å². The molecule has 9 aromatic rings. The first kappa shape index (κ1) is 26.7. The number of benzene rings is 8. The van der Waals surface area contributed by atoms with Crippen molar-refractivity contribution in [2.24, 2.45) is 0 Å². The van der Waals surface area contributed by atoms with Gasteiger partial charge in [-0.25, -0.2) is 0 Å². The van der Waals surface area contributed by atoms with Crippen molar-refractivity contribution in [3.63, 3.8) is 0 Å². The van der Waals surface area contributed by atoms with Crippen LogP contribution in [0.15, 0.2) is 176 Å². The zero-order valence-electron chi connectivity index (χ0n) is 25.1. The number of hydrogen-bond donors (Lipinski definition) is 0. The first-order valence-electron chi connectivity index (χ1n) is 15.7. The highest BCUT2D eigenvalue weighted by atomic mass is 32.1. The number of hydrogen-bond acceptors (Lipinski definition) is 2. The van der Waals surface area contributed by atoms with E-state index in [9.17, 15) is 0 Å². The van der Waals surface area contributed by atoms with Crippen molar-refractivity contribution in [1.29, 1.82) is 0 Å². The molecule has 9 rings (SSSR count). The van der Waals surface area contributed by atoms with Gasteiger partial charge in [0.25, 0.3) is 0 Å². The van der Waals surface area contributed by atoms with Crippen LogP contribution >= 0.6 is 11.3 Å². The van der Waals surface area contributed by atoms with Crippen molar-refractivity contribution in [3.8, 4) is 22.3 Å². The summed E-state index contributed by atoms with van der Waals surface area (Å²) in [5.74, 6) is 0. The molecular formula is C44H29NS. The third-order valence-electron chi connectivity index (χ3n) is 9.06. The van der Waals surface area contributed by atoms with Crippen LogP contribution in [0.4, 0.5) is 17.1 Å². The Labute approximate surface area is 272 Å². The first-order chi connectivity index (χ1) is 22.8. The molecule has 2 heteroatoms. The van der Waals surface area contributed by atoms with E-state index < -0.39 is 0 Å². The average Bonchev–Trinajstić information content (AvgIpc) is 3.52. The van der Waals surface area contributed by atoms with E-state index in [-0.39, 0.29) is 0 Å². The van der Waals surface area contributed by atoms with Crippen LogP contribution in [-0.2, 0) is 0 Å². The molecule has 0 saturated heterocycles. The maximum Gasteiger partial charge on any atom is 0.0640 e. The third-order valence-corrected chi connectivity index (χ3v) is 10.3. The second kappa shape index (κ2) is 11.0. The Balaban J connectivity index is 1.21. The molecular weight excluding hydrogens is 575 g/mol. The predicted octanol–water partition coefficient (Wildman–Crippen LogP) is 13.2. The molecule has 0 unspecified atom stereocenters. The molecule has 0 spiro atoms. The Bertz CT molecular complexity index is 2510. The molecule has 0 aliphatic carbocycles. The van der Waals surface area contributed by atoms with Gasteiger partial charge in [0, 0.05) is 26.8 Å². The van der Waals surface area contributed by atoms with Crippen LogP contribution in [-0.4, -0.2) is 0 Å². The summed E-state index contributed by atoms with van der Waals surface area (Å²) in [5, 5.41) is 7.72. The summed E-state index contributed by atoms with van der Waals surface area (Å²) < 4.78 is 2.60. The van der Waals surface area contributed by atoms with E-state index in [1.807, 2.05) is 11.3 Å². The topological polar surface area (TPSA) is 3.24 Å². The van der Waals surface area contributed by atoms with Crippen LogP contribution in [0.3, 0.4) is 0 Å². The molecule has 0 amide bonds. The number of nitrogens with zero attached hydrogens (tertiary/aromatic N) is 1. The maximum atomic E-state index is 2.41. The molecule has 0 bridgehead atoms. The summed E-state index contributed by atoms with van der Waals surface area (Å²) in [5.41, 5.74) is 8.35. The number of anilines is 3. The Morgan fingerprint density at radius 2 is 0.935 bits per heavy atom. The van der Waals surface area contributed by atoms with Gasteiger partial charge in [-0.2, -0.15) is 0 Å². The third kappa shape index (κ3) is 4.46. The van der Waals surface area contributed by atoms with Crippen LogP contribution in [0.5, 0.6) is 0 Å². The zero-order chi connectivity index (χ0) is 30.5. The van der Waals surface area contributed by atoms with Crippen LogP contribution in [0.1, 0.15) is 0 Å². The van der Waals surface area contributed by atoms with E-state index >= 15 is 0 Å². The van der Waals surface area contributed by atoms with Gasteiger partial charge in [0.15, 0.2) is 0 Å². The van der Waals surface area contributed by atoms with Crippen molar-refractivity contribution in [2.45, 2.75) is 0 Å². The van der Waals surface area contributed by atoms with Gasteiger partial charge in [0.1, 0.15) is 0 Å². The van der Waals surface area contributed by atoms with Gasteiger partial charge >= 0.3 is 0 Å². The number of thiophene rings is 1. The van der Waals surface area contributed by atoms with E-state index in [0.717, 1.165) is 11.4 Å². The van der Waals surface area contributed by atoms with Gasteiger partial charge in [-0.1, -0.05) is 133 Å². The Morgan fingerprint density at radius 3 is 1.70 bits per heavy atom. The molecule has 46 heavy (non-hydrogen) atoms. The molecule has 0 saturated carbocycles. The second-order valence-electron chi connectivity index (χ2n) is 11.7. The van der Waals surface area contributed by atoms with Crippen molar-refractivity contribution < 1.29 is 0 Å². The van der Waals surface area contributed by atoms with E-state index in [1.165, 1.54) is 69.7 Å². The maximum absolute atomic E-state index is 2.41. The summed E-state index contributed by atoms with van der Waals surface area (Å²) in [6, 6.07) is 63.9. The molecule has 0 atom stereocenters. The molecule has 1 aromatic heterocycles. The lowest BCUT2D eigenvalue weighted by atomic mass is 9.93. The SMILES string of the molecule is c1ccc(-c2ccc(N(c3ccc(-c4cc5ccccc5c5ccccc45)cc3)c3cccc4c3sc3ccccc34)cc2)cc1. The molecule has 0 aliphatic heterocycles. The van der Waals surface area contributed by atoms with Gasteiger partial charge in [-0.05, 0) is 86.3 Å². The minimum absolute atomic E-state index is 1.13. The summed E-state index contributed by atoms with van der Waals surface area (Å²) in [4.78, 5) is 2.41. The van der Waals surface area contributed by atoms with Crippen LogP contribution in [0, 0.1) is 0 Å². The minimum atomic E-state index is 1.13. The monoisotopic (exact) mass is 603 g/mol. The molecule has 1 heterocycles. The molecule has 0 aliphatic rings. The Hall–Kier alpha value is -5.70. The van der Waals surface area contributed by atoms with Crippen LogP contribution in [0.2, 0.25) is 0 Å². The van der Waals surface area contributed by atoms with Crippen molar-refractivity contribution in [2.75, 3.05) is 4.90 Å². The summed E-state index contributed by atoms with van der Waals surface area (Å²) >= 11 is 1.87. The Morgan fingerprint density at radius 1 is 0.370 bits per heavy atom. The lowest BCUT2D eigenvalue weighted by Crippen LogP contribution is -2.10. The highest BCUT2D eigenvalue weighted by Crippen LogP contribution is 2.45. The van der Waals surface area contributed by atoms with E-state index in [0.29, 0.717) is 0 Å². The first-order valence-corrected chi connectivity index (χ1v) is 16.5. The smallest absolute Gasteiger partial charge is 0.0640 e. The fraction of sp³-hybridized carbons (Fsp3) is 0. The summed E-state index contributed by atoms with van der Waals surface area (Å²) in [6.07, 6.45) is 0. The average molecular weight is 604 g/mol. The quantitative estimate of drug-likeness (QED) is 0.177. The van der Waals surface area contributed by atoms with Gasteiger partial charge < -0.3 is 4.90 Å². The lowest BCUT2D eigenvalue weighted by Gasteiger charge is -2.26. The molecule has 0 fully saturated rings. The van der Waals surface area contributed by atoms with Crippen molar-refractivity contribution in [3.05, 3.63) is 176 Å². The number of rotatable bonds is 5. The Kier molecular flexibility index (Phi) is 6.40. The highest BCUT2D eigenvalue weighted by Gasteiger charge is 2.18. The molecule has 8 aromatic carbocycles.